The van der Waals surface area contributed by atoms with E-state index in [0.717, 1.165) is 12.0 Å². The summed E-state index contributed by atoms with van der Waals surface area (Å²) in [5.41, 5.74) is 2.63. The Kier molecular flexibility index (Phi) is 6.83. The van der Waals surface area contributed by atoms with Crippen molar-refractivity contribution in [3.05, 3.63) is 58.6 Å². The van der Waals surface area contributed by atoms with Crippen LogP contribution in [0.25, 0.3) is 0 Å². The van der Waals surface area contributed by atoms with Crippen LogP contribution in [0.15, 0.2) is 42.5 Å². The molecule has 132 valence electrons. The van der Waals surface area contributed by atoms with Gasteiger partial charge in [0.1, 0.15) is 5.75 Å². The summed E-state index contributed by atoms with van der Waals surface area (Å²) in [5, 5.41) is 3.17. The average Bonchev–Trinajstić information content (AvgIpc) is 2.61. The minimum absolute atomic E-state index is 0.255. The molecular formula is C19H20ClNO4. The molecule has 0 heterocycles. The van der Waals surface area contributed by atoms with Gasteiger partial charge in [0.15, 0.2) is 13.2 Å². The lowest BCUT2D eigenvalue weighted by Crippen LogP contribution is -2.24. The number of amides is 1. The first-order valence-corrected chi connectivity index (χ1v) is 8.29. The maximum Gasteiger partial charge on any atom is 0.344 e. The molecule has 0 aromatic heterocycles. The van der Waals surface area contributed by atoms with Gasteiger partial charge in [-0.05, 0) is 48.7 Å². The number of carbonyl (C=O) groups excluding carboxylic acids is 2. The van der Waals surface area contributed by atoms with Gasteiger partial charge in [-0.3, -0.25) is 4.79 Å². The standard InChI is InChI=1S/C19H20ClNO4/c1-3-14-5-8-16(9-6-14)24-12-19(23)25-11-18(22)21-17-10-15(20)7-4-13(17)2/h4-10H,3,11-12H2,1-2H3,(H,21,22). The third-order valence-electron chi connectivity index (χ3n) is 3.53. The van der Waals surface area contributed by atoms with Crippen molar-refractivity contribution >= 4 is 29.2 Å². The van der Waals surface area contributed by atoms with Crippen LogP contribution in [0.2, 0.25) is 5.02 Å². The first kappa shape index (κ1) is 18.8. The molecule has 1 amide bonds. The Morgan fingerprint density at radius 3 is 2.48 bits per heavy atom. The van der Waals surface area contributed by atoms with E-state index in [1.807, 2.05) is 19.1 Å². The lowest BCUT2D eigenvalue weighted by molar-refractivity contribution is -0.149. The van der Waals surface area contributed by atoms with Crippen LogP contribution in [-0.2, 0) is 20.7 Å². The molecule has 2 rings (SSSR count). The molecule has 2 aromatic carbocycles. The first-order chi connectivity index (χ1) is 12.0. The molecule has 0 unspecified atom stereocenters. The van der Waals surface area contributed by atoms with Gasteiger partial charge >= 0.3 is 5.97 Å². The number of carbonyl (C=O) groups is 2. The number of ether oxygens (including phenoxy) is 2. The Labute approximate surface area is 151 Å². The Morgan fingerprint density at radius 1 is 1.08 bits per heavy atom. The molecule has 0 bridgehead atoms. The fourth-order valence-electron chi connectivity index (χ4n) is 2.07. The summed E-state index contributed by atoms with van der Waals surface area (Å²) in [4.78, 5) is 23.5. The number of aryl methyl sites for hydroxylation is 2. The molecular weight excluding hydrogens is 342 g/mol. The second kappa shape index (κ2) is 9.08. The Morgan fingerprint density at radius 2 is 1.80 bits per heavy atom. The Hall–Kier alpha value is -2.53. The minimum atomic E-state index is -0.613. The average molecular weight is 362 g/mol. The molecule has 0 fully saturated rings. The maximum absolute atomic E-state index is 11.9. The number of benzene rings is 2. The number of rotatable bonds is 7. The Balaban J connectivity index is 1.75. The van der Waals surface area contributed by atoms with E-state index in [-0.39, 0.29) is 13.2 Å². The van der Waals surface area contributed by atoms with Gasteiger partial charge in [0.05, 0.1) is 0 Å². The van der Waals surface area contributed by atoms with Crippen LogP contribution in [-0.4, -0.2) is 25.1 Å². The fraction of sp³-hybridized carbons (Fsp3) is 0.263. The molecule has 0 aliphatic heterocycles. The van der Waals surface area contributed by atoms with Crippen molar-refractivity contribution in [1.29, 1.82) is 0 Å². The summed E-state index contributed by atoms with van der Waals surface area (Å²) < 4.78 is 10.2. The molecule has 6 heteroatoms. The highest BCUT2D eigenvalue weighted by molar-refractivity contribution is 6.31. The summed E-state index contributed by atoms with van der Waals surface area (Å²) in [6.07, 6.45) is 0.934. The van der Waals surface area contributed by atoms with Crippen molar-refractivity contribution in [2.45, 2.75) is 20.3 Å². The smallest absolute Gasteiger partial charge is 0.344 e. The molecule has 0 atom stereocenters. The van der Waals surface area contributed by atoms with Gasteiger partial charge in [0.2, 0.25) is 0 Å². The first-order valence-electron chi connectivity index (χ1n) is 7.91. The fourth-order valence-corrected chi connectivity index (χ4v) is 2.24. The highest BCUT2D eigenvalue weighted by Crippen LogP contribution is 2.20. The van der Waals surface area contributed by atoms with E-state index in [1.54, 1.807) is 30.3 Å². The zero-order chi connectivity index (χ0) is 18.2. The predicted octanol–water partition coefficient (Wildman–Crippen LogP) is 3.77. The van der Waals surface area contributed by atoms with E-state index in [1.165, 1.54) is 5.56 Å². The molecule has 25 heavy (non-hydrogen) atoms. The van der Waals surface area contributed by atoms with E-state index in [9.17, 15) is 9.59 Å². The van der Waals surface area contributed by atoms with Crippen LogP contribution in [0.4, 0.5) is 5.69 Å². The predicted molar refractivity (Wildman–Crippen MR) is 97.1 cm³/mol. The normalized spacial score (nSPS) is 10.2. The van der Waals surface area contributed by atoms with Crippen LogP contribution in [0.5, 0.6) is 5.75 Å². The molecule has 0 saturated carbocycles. The summed E-state index contributed by atoms with van der Waals surface area (Å²) in [7, 11) is 0. The van der Waals surface area contributed by atoms with Gasteiger partial charge in [0.25, 0.3) is 5.91 Å². The van der Waals surface area contributed by atoms with Crippen LogP contribution >= 0.6 is 11.6 Å². The molecule has 5 nitrogen and oxygen atoms in total. The second-order valence-corrected chi connectivity index (χ2v) is 5.89. The Bertz CT molecular complexity index is 744. The molecule has 0 radical (unpaired) electrons. The van der Waals surface area contributed by atoms with Gasteiger partial charge in [0, 0.05) is 10.7 Å². The minimum Gasteiger partial charge on any atom is -0.482 e. The third-order valence-corrected chi connectivity index (χ3v) is 3.76. The molecule has 0 saturated heterocycles. The van der Waals surface area contributed by atoms with E-state index in [2.05, 4.69) is 12.2 Å². The number of esters is 1. The summed E-state index contributed by atoms with van der Waals surface area (Å²) in [5.74, 6) is -0.475. The van der Waals surface area contributed by atoms with Gasteiger partial charge in [-0.2, -0.15) is 0 Å². The van der Waals surface area contributed by atoms with Gasteiger partial charge in [-0.1, -0.05) is 36.7 Å². The second-order valence-electron chi connectivity index (χ2n) is 5.45. The molecule has 0 aliphatic rings. The molecule has 0 spiro atoms. The quantitative estimate of drug-likeness (QED) is 0.762. The largest absolute Gasteiger partial charge is 0.482 e. The van der Waals surface area contributed by atoms with Crippen molar-refractivity contribution < 1.29 is 19.1 Å². The highest BCUT2D eigenvalue weighted by atomic mass is 35.5. The zero-order valence-electron chi connectivity index (χ0n) is 14.2. The lowest BCUT2D eigenvalue weighted by atomic mass is 10.2. The van der Waals surface area contributed by atoms with E-state index in [0.29, 0.717) is 16.5 Å². The number of anilines is 1. The molecule has 2 aromatic rings. The lowest BCUT2D eigenvalue weighted by Gasteiger charge is -2.10. The van der Waals surface area contributed by atoms with Crippen LogP contribution in [0, 0.1) is 6.92 Å². The van der Waals surface area contributed by atoms with Crippen LogP contribution in [0.3, 0.4) is 0 Å². The van der Waals surface area contributed by atoms with Gasteiger partial charge in [-0.25, -0.2) is 4.79 Å². The van der Waals surface area contributed by atoms with E-state index in [4.69, 9.17) is 21.1 Å². The molecule has 1 N–H and O–H groups in total. The van der Waals surface area contributed by atoms with E-state index >= 15 is 0 Å². The molecule has 0 aliphatic carbocycles. The van der Waals surface area contributed by atoms with Gasteiger partial charge < -0.3 is 14.8 Å². The van der Waals surface area contributed by atoms with Crippen LogP contribution in [0.1, 0.15) is 18.1 Å². The van der Waals surface area contributed by atoms with E-state index < -0.39 is 11.9 Å². The topological polar surface area (TPSA) is 64.6 Å². The number of hydrogen-bond acceptors (Lipinski definition) is 4. The van der Waals surface area contributed by atoms with Crippen molar-refractivity contribution in [1.82, 2.24) is 0 Å². The van der Waals surface area contributed by atoms with Crippen molar-refractivity contribution in [3.63, 3.8) is 0 Å². The van der Waals surface area contributed by atoms with Crippen LogP contribution < -0.4 is 10.1 Å². The monoisotopic (exact) mass is 361 g/mol. The number of hydrogen-bond donors (Lipinski definition) is 1. The SMILES string of the molecule is CCc1ccc(OCC(=O)OCC(=O)Nc2cc(Cl)ccc2C)cc1. The van der Waals surface area contributed by atoms with Crippen molar-refractivity contribution in [2.75, 3.05) is 18.5 Å². The highest BCUT2D eigenvalue weighted by Gasteiger charge is 2.10. The third kappa shape index (κ3) is 6.12. The van der Waals surface area contributed by atoms with Crippen molar-refractivity contribution in [3.8, 4) is 5.75 Å². The number of halogens is 1. The summed E-state index contributed by atoms with van der Waals surface area (Å²) >= 11 is 5.89. The maximum atomic E-state index is 11.9. The zero-order valence-corrected chi connectivity index (χ0v) is 14.9. The summed E-state index contributed by atoms with van der Waals surface area (Å²) in [6.45, 7) is 3.26. The summed E-state index contributed by atoms with van der Waals surface area (Å²) in [6, 6.07) is 12.6. The van der Waals surface area contributed by atoms with Gasteiger partial charge in [-0.15, -0.1) is 0 Å². The number of nitrogens with one attached hydrogen (secondary N) is 1. The van der Waals surface area contributed by atoms with Crippen molar-refractivity contribution in [2.24, 2.45) is 0 Å².